The van der Waals surface area contributed by atoms with E-state index in [1.165, 1.54) is 5.56 Å². The molecular formula is C28H20O2. The third kappa shape index (κ3) is 3.44. The van der Waals surface area contributed by atoms with E-state index in [1.807, 2.05) is 42.5 Å². The minimum Gasteiger partial charge on any atom is -0.460 e. The Labute approximate surface area is 175 Å². The second kappa shape index (κ2) is 7.84. The van der Waals surface area contributed by atoms with Crippen molar-refractivity contribution < 1.29 is 9.21 Å². The molecule has 5 aromatic rings. The number of carbonyl (C=O) groups is 1. The molecule has 2 nitrogen and oxygen atoms in total. The molecule has 1 heterocycles. The third-order valence-corrected chi connectivity index (χ3v) is 5.43. The first-order valence-corrected chi connectivity index (χ1v) is 10.0. The van der Waals surface area contributed by atoms with E-state index in [0.717, 1.165) is 51.7 Å². The van der Waals surface area contributed by atoms with Crippen LogP contribution in [0.4, 0.5) is 0 Å². The summed E-state index contributed by atoms with van der Waals surface area (Å²) in [7, 11) is 0. The van der Waals surface area contributed by atoms with Crippen molar-refractivity contribution in [2.75, 3.05) is 0 Å². The fourth-order valence-corrected chi connectivity index (χ4v) is 3.90. The van der Waals surface area contributed by atoms with E-state index in [9.17, 15) is 4.79 Å². The molecule has 0 aliphatic heterocycles. The molecule has 0 amide bonds. The van der Waals surface area contributed by atoms with Gasteiger partial charge in [0.25, 0.3) is 0 Å². The predicted octanol–water partition coefficient (Wildman–Crippen LogP) is 7.17. The van der Waals surface area contributed by atoms with E-state index >= 15 is 0 Å². The maximum atomic E-state index is 10.9. The quantitative estimate of drug-likeness (QED) is 0.299. The third-order valence-electron chi connectivity index (χ3n) is 5.43. The summed E-state index contributed by atoms with van der Waals surface area (Å²) in [5.41, 5.74) is 7.32. The predicted molar refractivity (Wildman–Crippen MR) is 122 cm³/mol. The number of hydrogen-bond donors (Lipinski definition) is 0. The molecule has 2 heteroatoms. The number of para-hydroxylation sites is 1. The lowest BCUT2D eigenvalue weighted by atomic mass is 9.96. The lowest BCUT2D eigenvalue weighted by Crippen LogP contribution is -1.89. The molecule has 0 unspecified atom stereocenters. The summed E-state index contributed by atoms with van der Waals surface area (Å²) < 4.78 is 6.26. The standard InChI is InChI=1S/C28H20O2/c29-19-21-10-12-22(13-11-21)23-14-16-24(17-15-23)28-25-8-4-5-9-26(25)30-27(28)18-20-6-2-1-3-7-20/h1-17,19H,18H2. The molecule has 5 rings (SSSR count). The van der Waals surface area contributed by atoms with Crippen molar-refractivity contribution in [3.05, 3.63) is 120 Å². The van der Waals surface area contributed by atoms with Gasteiger partial charge in [0.05, 0.1) is 0 Å². The van der Waals surface area contributed by atoms with Crippen LogP contribution in [-0.4, -0.2) is 6.29 Å². The molecule has 0 saturated heterocycles. The molecule has 0 atom stereocenters. The molecule has 0 fully saturated rings. The molecule has 4 aromatic carbocycles. The van der Waals surface area contributed by atoms with Gasteiger partial charge >= 0.3 is 0 Å². The summed E-state index contributed by atoms with van der Waals surface area (Å²) in [6, 6.07) is 34.8. The summed E-state index contributed by atoms with van der Waals surface area (Å²) in [5, 5.41) is 1.13. The molecule has 0 aliphatic rings. The van der Waals surface area contributed by atoms with Gasteiger partial charge in [0.15, 0.2) is 0 Å². The Morgan fingerprint density at radius 3 is 1.93 bits per heavy atom. The second-order valence-electron chi connectivity index (χ2n) is 7.38. The van der Waals surface area contributed by atoms with Crippen molar-refractivity contribution in [1.29, 1.82) is 0 Å². The van der Waals surface area contributed by atoms with E-state index in [-0.39, 0.29) is 0 Å². The zero-order valence-electron chi connectivity index (χ0n) is 16.4. The number of benzene rings is 4. The van der Waals surface area contributed by atoms with Crippen LogP contribution in [-0.2, 0) is 6.42 Å². The van der Waals surface area contributed by atoms with Gasteiger partial charge in [-0.2, -0.15) is 0 Å². The Kier molecular flexibility index (Phi) is 4.74. The van der Waals surface area contributed by atoms with Crippen molar-refractivity contribution in [2.24, 2.45) is 0 Å². The zero-order valence-corrected chi connectivity index (χ0v) is 16.4. The van der Waals surface area contributed by atoms with Crippen LogP contribution in [0.5, 0.6) is 0 Å². The van der Waals surface area contributed by atoms with Crippen LogP contribution in [0.2, 0.25) is 0 Å². The molecule has 1 aromatic heterocycles. The van der Waals surface area contributed by atoms with Gasteiger partial charge in [-0.1, -0.05) is 97.1 Å². The van der Waals surface area contributed by atoms with Gasteiger partial charge in [-0.05, 0) is 28.3 Å². The van der Waals surface area contributed by atoms with Gasteiger partial charge in [0.1, 0.15) is 17.6 Å². The number of carbonyl (C=O) groups excluding carboxylic acids is 1. The van der Waals surface area contributed by atoms with Crippen LogP contribution < -0.4 is 0 Å². The molecule has 0 N–H and O–H groups in total. The number of fused-ring (bicyclic) bond motifs is 1. The first kappa shape index (κ1) is 18.1. The highest BCUT2D eigenvalue weighted by molar-refractivity contribution is 5.96. The van der Waals surface area contributed by atoms with Crippen molar-refractivity contribution in [1.82, 2.24) is 0 Å². The number of furan rings is 1. The van der Waals surface area contributed by atoms with Gasteiger partial charge in [0.2, 0.25) is 0 Å². The summed E-state index contributed by atoms with van der Waals surface area (Å²) >= 11 is 0. The summed E-state index contributed by atoms with van der Waals surface area (Å²) in [5.74, 6) is 0.977. The Hall–Kier alpha value is -3.91. The van der Waals surface area contributed by atoms with Crippen LogP contribution in [0.1, 0.15) is 21.7 Å². The van der Waals surface area contributed by atoms with Crippen LogP contribution >= 0.6 is 0 Å². The summed E-state index contributed by atoms with van der Waals surface area (Å²) in [6.45, 7) is 0. The smallest absolute Gasteiger partial charge is 0.150 e. The molecular weight excluding hydrogens is 368 g/mol. The number of rotatable bonds is 5. The molecule has 0 saturated carbocycles. The van der Waals surface area contributed by atoms with Crippen LogP contribution in [0.3, 0.4) is 0 Å². The average molecular weight is 388 g/mol. The van der Waals surface area contributed by atoms with E-state index in [2.05, 4.69) is 60.7 Å². The lowest BCUT2D eigenvalue weighted by Gasteiger charge is -2.07. The summed E-state index contributed by atoms with van der Waals surface area (Å²) in [6.07, 6.45) is 1.62. The van der Waals surface area contributed by atoms with E-state index in [0.29, 0.717) is 5.56 Å². The molecule has 30 heavy (non-hydrogen) atoms. The molecule has 0 bridgehead atoms. The minimum atomic E-state index is 0.686. The van der Waals surface area contributed by atoms with E-state index in [4.69, 9.17) is 4.42 Å². The normalized spacial score (nSPS) is 10.9. The fourth-order valence-electron chi connectivity index (χ4n) is 3.90. The van der Waals surface area contributed by atoms with Gasteiger partial charge in [-0.15, -0.1) is 0 Å². The lowest BCUT2D eigenvalue weighted by molar-refractivity contribution is 0.112. The van der Waals surface area contributed by atoms with Crippen LogP contribution in [0.25, 0.3) is 33.2 Å². The maximum Gasteiger partial charge on any atom is 0.150 e. The van der Waals surface area contributed by atoms with Gasteiger partial charge in [-0.25, -0.2) is 0 Å². The highest BCUT2D eigenvalue weighted by Gasteiger charge is 2.16. The molecule has 0 aliphatic carbocycles. The Bertz CT molecular complexity index is 1290. The highest BCUT2D eigenvalue weighted by atomic mass is 16.3. The molecule has 0 spiro atoms. The highest BCUT2D eigenvalue weighted by Crippen LogP contribution is 2.37. The second-order valence-corrected chi connectivity index (χ2v) is 7.38. The van der Waals surface area contributed by atoms with Crippen molar-refractivity contribution in [3.8, 4) is 22.3 Å². The largest absolute Gasteiger partial charge is 0.460 e. The SMILES string of the molecule is O=Cc1ccc(-c2ccc(-c3c(Cc4ccccc4)oc4ccccc34)cc2)cc1. The Morgan fingerprint density at radius 1 is 0.633 bits per heavy atom. The minimum absolute atomic E-state index is 0.686. The van der Waals surface area contributed by atoms with Gasteiger partial charge < -0.3 is 4.42 Å². The Morgan fingerprint density at radius 2 is 1.23 bits per heavy atom. The maximum absolute atomic E-state index is 10.9. The fraction of sp³-hybridized carbons (Fsp3) is 0.0357. The summed E-state index contributed by atoms with van der Waals surface area (Å²) in [4.78, 5) is 10.9. The molecule has 0 radical (unpaired) electrons. The van der Waals surface area contributed by atoms with E-state index in [1.54, 1.807) is 0 Å². The van der Waals surface area contributed by atoms with Crippen molar-refractivity contribution >= 4 is 17.3 Å². The monoisotopic (exact) mass is 388 g/mol. The van der Waals surface area contributed by atoms with Crippen molar-refractivity contribution in [3.63, 3.8) is 0 Å². The van der Waals surface area contributed by atoms with Crippen LogP contribution in [0, 0.1) is 0 Å². The number of hydrogen-bond acceptors (Lipinski definition) is 2. The van der Waals surface area contributed by atoms with Gasteiger partial charge in [-0.3, -0.25) is 4.79 Å². The number of aldehydes is 1. The first-order valence-electron chi connectivity index (χ1n) is 10.0. The van der Waals surface area contributed by atoms with Gasteiger partial charge in [0, 0.05) is 22.9 Å². The van der Waals surface area contributed by atoms with Crippen LogP contribution in [0.15, 0.2) is 108 Å². The first-order chi connectivity index (χ1) is 14.8. The average Bonchev–Trinajstić information content (AvgIpc) is 3.17. The zero-order chi connectivity index (χ0) is 20.3. The van der Waals surface area contributed by atoms with E-state index < -0.39 is 0 Å². The topological polar surface area (TPSA) is 30.2 Å². The molecule has 144 valence electrons. The van der Waals surface area contributed by atoms with Crippen molar-refractivity contribution in [2.45, 2.75) is 6.42 Å². The Balaban J connectivity index is 1.56.